The van der Waals surface area contributed by atoms with E-state index in [-0.39, 0.29) is 6.42 Å². The van der Waals surface area contributed by atoms with Crippen LogP contribution in [-0.4, -0.2) is 24.6 Å². The summed E-state index contributed by atoms with van der Waals surface area (Å²) in [6.45, 7) is 0. The fourth-order valence-corrected chi connectivity index (χ4v) is 3.46. The minimum atomic E-state index is -0.753. The molecule has 86 valence electrons. The number of hydrogen-bond donors (Lipinski definition) is 0. The van der Waals surface area contributed by atoms with E-state index in [4.69, 9.17) is 9.47 Å². The van der Waals surface area contributed by atoms with Crippen molar-refractivity contribution in [3.05, 3.63) is 12.2 Å². The molecule has 1 heterocycles. The predicted molar refractivity (Wildman–Crippen MR) is 54.4 cm³/mol. The summed E-state index contributed by atoms with van der Waals surface area (Å²) in [6.07, 6.45) is 6.74. The average Bonchev–Trinajstić information content (AvgIpc) is 2.56. The fraction of sp³-hybridized carbons (Fsp3) is 0.667. The highest BCUT2D eigenvalue weighted by molar-refractivity contribution is 5.99. The van der Waals surface area contributed by atoms with Crippen LogP contribution in [-0.2, 0) is 19.1 Å². The number of allylic oxidation sites excluding steroid dienone is 1. The number of carbonyl (C=O) groups excluding carboxylic acids is 2. The average molecular weight is 222 g/mol. The molecular formula is C12H14O4. The standard InChI is InChI=1S/C12H14O4/c1-15-12-4-2-8(3-5-12)6-11(12)7-9(13)16-10(11)14/h2,4,8H,3,5-7H2,1H3/t8-,11-,12-/m0/s1. The number of fused-ring (bicyclic) bond motifs is 1. The van der Waals surface area contributed by atoms with Crippen LogP contribution in [0.25, 0.3) is 0 Å². The minimum absolute atomic E-state index is 0.167. The van der Waals surface area contributed by atoms with Gasteiger partial charge in [-0.15, -0.1) is 0 Å². The molecule has 1 saturated heterocycles. The molecule has 1 saturated carbocycles. The van der Waals surface area contributed by atoms with Crippen molar-refractivity contribution in [1.82, 2.24) is 0 Å². The van der Waals surface area contributed by atoms with Crippen molar-refractivity contribution in [2.75, 3.05) is 7.11 Å². The largest absolute Gasteiger partial charge is 0.393 e. The van der Waals surface area contributed by atoms with Crippen LogP contribution in [0.3, 0.4) is 0 Å². The molecule has 1 aliphatic heterocycles. The second kappa shape index (κ2) is 2.94. The van der Waals surface area contributed by atoms with E-state index in [9.17, 15) is 9.59 Å². The molecule has 0 aromatic carbocycles. The summed E-state index contributed by atoms with van der Waals surface area (Å²) < 4.78 is 10.3. The van der Waals surface area contributed by atoms with Gasteiger partial charge in [0.25, 0.3) is 0 Å². The van der Waals surface area contributed by atoms with Crippen LogP contribution in [0.4, 0.5) is 0 Å². The third-order valence-corrected chi connectivity index (χ3v) is 4.35. The Morgan fingerprint density at radius 2 is 2.31 bits per heavy atom. The van der Waals surface area contributed by atoms with Gasteiger partial charge in [0.15, 0.2) is 0 Å². The summed E-state index contributed by atoms with van der Waals surface area (Å²) in [7, 11) is 1.60. The van der Waals surface area contributed by atoms with E-state index >= 15 is 0 Å². The summed E-state index contributed by atoms with van der Waals surface area (Å²) in [5.41, 5.74) is -1.37. The van der Waals surface area contributed by atoms with Gasteiger partial charge in [-0.25, -0.2) is 0 Å². The van der Waals surface area contributed by atoms with Crippen LogP contribution in [0.1, 0.15) is 25.7 Å². The Hall–Kier alpha value is -1.16. The second-order valence-corrected chi connectivity index (χ2v) is 4.98. The molecule has 0 aromatic rings. The molecule has 0 radical (unpaired) electrons. The van der Waals surface area contributed by atoms with Crippen LogP contribution >= 0.6 is 0 Å². The Morgan fingerprint density at radius 1 is 1.50 bits per heavy atom. The van der Waals surface area contributed by atoms with Gasteiger partial charge in [-0.2, -0.15) is 0 Å². The molecule has 4 nitrogen and oxygen atoms in total. The maximum Gasteiger partial charge on any atom is 0.323 e. The predicted octanol–water partition coefficient (Wildman–Crippen LogP) is 1.20. The Bertz CT molecular complexity index is 400. The monoisotopic (exact) mass is 222 g/mol. The lowest BCUT2D eigenvalue weighted by Crippen LogP contribution is -2.57. The van der Waals surface area contributed by atoms with Crippen molar-refractivity contribution in [2.45, 2.75) is 31.3 Å². The highest BCUT2D eigenvalue weighted by Gasteiger charge is 2.65. The molecule has 2 bridgehead atoms. The topological polar surface area (TPSA) is 52.6 Å². The summed E-state index contributed by atoms with van der Waals surface area (Å²) in [5.74, 6) is -0.425. The van der Waals surface area contributed by atoms with Crippen molar-refractivity contribution < 1.29 is 19.1 Å². The van der Waals surface area contributed by atoms with Gasteiger partial charge in [-0.3, -0.25) is 9.59 Å². The summed E-state index contributed by atoms with van der Waals surface area (Å²) in [5, 5.41) is 0. The van der Waals surface area contributed by atoms with Gasteiger partial charge in [0, 0.05) is 7.11 Å². The maximum absolute atomic E-state index is 12.0. The first-order valence-corrected chi connectivity index (χ1v) is 5.61. The summed E-state index contributed by atoms with van der Waals surface area (Å²) in [4.78, 5) is 23.3. The van der Waals surface area contributed by atoms with Crippen LogP contribution in [0.2, 0.25) is 0 Å². The van der Waals surface area contributed by atoms with Crippen LogP contribution < -0.4 is 0 Å². The Labute approximate surface area is 93.6 Å². The van der Waals surface area contributed by atoms with Crippen molar-refractivity contribution >= 4 is 11.9 Å². The molecule has 4 rings (SSSR count). The lowest BCUT2D eigenvalue weighted by molar-refractivity contribution is -0.171. The first kappa shape index (κ1) is 10.0. The molecule has 4 aliphatic rings. The molecular weight excluding hydrogens is 208 g/mol. The maximum atomic E-state index is 12.0. The highest BCUT2D eigenvalue weighted by atomic mass is 16.6. The fourth-order valence-electron chi connectivity index (χ4n) is 3.46. The third-order valence-electron chi connectivity index (χ3n) is 4.35. The zero-order valence-electron chi connectivity index (χ0n) is 9.19. The van der Waals surface area contributed by atoms with Crippen molar-refractivity contribution in [3.8, 4) is 0 Å². The van der Waals surface area contributed by atoms with Gasteiger partial charge < -0.3 is 9.47 Å². The van der Waals surface area contributed by atoms with Crippen molar-refractivity contribution in [2.24, 2.45) is 11.3 Å². The van der Waals surface area contributed by atoms with Gasteiger partial charge >= 0.3 is 11.9 Å². The number of rotatable bonds is 1. The van der Waals surface area contributed by atoms with E-state index in [2.05, 4.69) is 6.08 Å². The molecule has 2 fully saturated rings. The number of esters is 2. The van der Waals surface area contributed by atoms with E-state index in [0.717, 1.165) is 12.8 Å². The lowest BCUT2D eigenvalue weighted by atomic mass is 9.55. The molecule has 0 aromatic heterocycles. The van der Waals surface area contributed by atoms with E-state index in [1.807, 2.05) is 6.08 Å². The normalized spacial score (nSPS) is 45.4. The quantitative estimate of drug-likeness (QED) is 0.380. The Balaban J connectivity index is 2.11. The molecule has 0 N–H and O–H groups in total. The van der Waals surface area contributed by atoms with E-state index < -0.39 is 23.0 Å². The van der Waals surface area contributed by atoms with Gasteiger partial charge in [0.05, 0.1) is 6.42 Å². The molecule has 3 atom stereocenters. The van der Waals surface area contributed by atoms with Gasteiger partial charge in [-0.1, -0.05) is 12.2 Å². The minimum Gasteiger partial charge on any atom is -0.393 e. The number of methoxy groups -OCH3 is 1. The molecule has 16 heavy (non-hydrogen) atoms. The van der Waals surface area contributed by atoms with E-state index in [1.165, 1.54) is 0 Å². The van der Waals surface area contributed by atoms with Gasteiger partial charge in [0.2, 0.25) is 0 Å². The van der Waals surface area contributed by atoms with Crippen molar-refractivity contribution in [3.63, 3.8) is 0 Å². The Morgan fingerprint density at radius 3 is 2.81 bits per heavy atom. The SMILES string of the molecule is CO[C@@]12C=C[C@@H](CC1)C[C@@]21CC(=O)OC1=O. The summed E-state index contributed by atoms with van der Waals surface area (Å²) in [6, 6.07) is 0. The first-order chi connectivity index (χ1) is 7.62. The lowest BCUT2D eigenvalue weighted by Gasteiger charge is -2.51. The zero-order chi connectivity index (χ0) is 11.4. The number of ether oxygens (including phenoxy) is 2. The molecule has 3 aliphatic carbocycles. The molecule has 1 spiro atoms. The van der Waals surface area contributed by atoms with Gasteiger partial charge in [-0.05, 0) is 25.2 Å². The van der Waals surface area contributed by atoms with E-state index in [0.29, 0.717) is 12.3 Å². The van der Waals surface area contributed by atoms with Gasteiger partial charge in [0.1, 0.15) is 11.0 Å². The van der Waals surface area contributed by atoms with Crippen molar-refractivity contribution in [1.29, 1.82) is 0 Å². The zero-order valence-corrected chi connectivity index (χ0v) is 9.19. The van der Waals surface area contributed by atoms with Crippen LogP contribution in [0.15, 0.2) is 12.2 Å². The number of hydrogen-bond acceptors (Lipinski definition) is 4. The second-order valence-electron chi connectivity index (χ2n) is 4.98. The molecule has 0 unspecified atom stereocenters. The highest BCUT2D eigenvalue weighted by Crippen LogP contribution is 2.57. The van der Waals surface area contributed by atoms with Crippen LogP contribution in [0.5, 0.6) is 0 Å². The third kappa shape index (κ3) is 0.981. The molecule has 0 amide bonds. The molecule has 4 heteroatoms. The number of carbonyl (C=O) groups is 2. The Kier molecular flexibility index (Phi) is 1.84. The van der Waals surface area contributed by atoms with Crippen LogP contribution in [0, 0.1) is 11.3 Å². The summed E-state index contributed by atoms with van der Waals surface area (Å²) >= 11 is 0. The first-order valence-electron chi connectivity index (χ1n) is 5.61. The van der Waals surface area contributed by atoms with E-state index in [1.54, 1.807) is 7.11 Å². The smallest absolute Gasteiger partial charge is 0.323 e. The number of cyclic esters (lactones) is 2.